The van der Waals surface area contributed by atoms with Crippen molar-refractivity contribution in [1.82, 2.24) is 0 Å². The Morgan fingerprint density at radius 1 is 1.26 bits per heavy atom. The normalized spacial score (nSPS) is 11.0. The van der Waals surface area contributed by atoms with Gasteiger partial charge in [-0.25, -0.2) is 0 Å². The van der Waals surface area contributed by atoms with E-state index in [0.717, 1.165) is 10.2 Å². The van der Waals surface area contributed by atoms with E-state index in [1.807, 2.05) is 18.2 Å². The third-order valence-corrected chi connectivity index (χ3v) is 4.18. The zero-order valence-corrected chi connectivity index (χ0v) is 17.0. The van der Waals surface area contributed by atoms with Crippen LogP contribution in [0.5, 0.6) is 11.5 Å². The average Bonchev–Trinajstić information content (AvgIpc) is 2.65. The Hall–Kier alpha value is -2.78. The largest absolute Gasteiger partial charge is 0.495 e. The number of benzene rings is 2. The molecule has 27 heavy (non-hydrogen) atoms. The van der Waals surface area contributed by atoms with Gasteiger partial charge in [0.25, 0.3) is 5.91 Å². The van der Waals surface area contributed by atoms with Crippen molar-refractivity contribution >= 4 is 33.6 Å². The van der Waals surface area contributed by atoms with Gasteiger partial charge in [0.05, 0.1) is 23.9 Å². The molecular weight excluding hydrogens is 408 g/mol. The highest BCUT2D eigenvalue weighted by Gasteiger charge is 2.12. The van der Waals surface area contributed by atoms with E-state index >= 15 is 0 Å². The lowest BCUT2D eigenvalue weighted by atomic mass is 10.1. The number of amides is 1. The number of ether oxygens (including phenoxy) is 2. The molecule has 2 aromatic carbocycles. The molecule has 0 bridgehead atoms. The molecule has 0 unspecified atom stereocenters. The minimum Gasteiger partial charge on any atom is -0.495 e. The van der Waals surface area contributed by atoms with Crippen molar-refractivity contribution in [3.63, 3.8) is 0 Å². The SMILES string of the molecule is COc1ccccc1NC(=O)/C(C#N)=C/c1ccc(OCC(C)C)c(Br)c1. The van der Waals surface area contributed by atoms with Crippen molar-refractivity contribution in [2.75, 3.05) is 19.0 Å². The highest BCUT2D eigenvalue weighted by Crippen LogP contribution is 2.28. The fourth-order valence-corrected chi connectivity index (χ4v) is 2.74. The van der Waals surface area contributed by atoms with E-state index in [4.69, 9.17) is 9.47 Å². The average molecular weight is 429 g/mol. The fourth-order valence-electron chi connectivity index (χ4n) is 2.23. The van der Waals surface area contributed by atoms with Gasteiger partial charge in [-0.05, 0) is 57.8 Å². The van der Waals surface area contributed by atoms with Crippen LogP contribution in [0, 0.1) is 17.2 Å². The number of carbonyl (C=O) groups is 1. The fraction of sp³-hybridized carbons (Fsp3) is 0.238. The second kappa shape index (κ2) is 9.79. The van der Waals surface area contributed by atoms with Crippen molar-refractivity contribution in [2.24, 2.45) is 5.92 Å². The van der Waals surface area contributed by atoms with E-state index < -0.39 is 5.91 Å². The molecule has 5 nitrogen and oxygen atoms in total. The number of carbonyl (C=O) groups excluding carboxylic acids is 1. The van der Waals surface area contributed by atoms with Gasteiger partial charge in [0.15, 0.2) is 0 Å². The molecule has 0 aromatic heterocycles. The van der Waals surface area contributed by atoms with Crippen LogP contribution in [-0.2, 0) is 4.79 Å². The number of hydrogen-bond acceptors (Lipinski definition) is 4. The summed E-state index contributed by atoms with van der Waals surface area (Å²) in [4.78, 5) is 12.5. The molecule has 0 fully saturated rings. The number of hydrogen-bond donors (Lipinski definition) is 1. The van der Waals surface area contributed by atoms with E-state index in [1.54, 1.807) is 30.3 Å². The second-order valence-electron chi connectivity index (χ2n) is 6.22. The maximum Gasteiger partial charge on any atom is 0.266 e. The molecule has 6 heteroatoms. The van der Waals surface area contributed by atoms with Crippen LogP contribution in [0.3, 0.4) is 0 Å². The van der Waals surface area contributed by atoms with Crippen molar-refractivity contribution in [1.29, 1.82) is 5.26 Å². The molecule has 0 saturated carbocycles. The standard InChI is InChI=1S/C21H21BrN2O3/c1-14(2)13-27-19-9-8-15(11-17(19)22)10-16(12-23)21(25)24-18-6-4-5-7-20(18)26-3/h4-11,14H,13H2,1-3H3,(H,24,25)/b16-10+. The Balaban J connectivity index is 2.19. The molecule has 0 spiro atoms. The van der Waals surface area contributed by atoms with Gasteiger partial charge in [0.2, 0.25) is 0 Å². The Labute approximate surface area is 167 Å². The highest BCUT2D eigenvalue weighted by atomic mass is 79.9. The summed E-state index contributed by atoms with van der Waals surface area (Å²) in [7, 11) is 1.52. The monoisotopic (exact) mass is 428 g/mol. The molecule has 0 aliphatic carbocycles. The van der Waals surface area contributed by atoms with Crippen LogP contribution in [0.4, 0.5) is 5.69 Å². The van der Waals surface area contributed by atoms with Crippen LogP contribution < -0.4 is 14.8 Å². The molecule has 2 rings (SSSR count). The molecule has 1 N–H and O–H groups in total. The van der Waals surface area contributed by atoms with Crippen LogP contribution in [0.15, 0.2) is 52.5 Å². The number of halogens is 1. The smallest absolute Gasteiger partial charge is 0.266 e. The van der Waals surface area contributed by atoms with E-state index in [2.05, 4.69) is 35.1 Å². The van der Waals surface area contributed by atoms with E-state index in [0.29, 0.717) is 29.5 Å². The van der Waals surface area contributed by atoms with Gasteiger partial charge >= 0.3 is 0 Å². The number of methoxy groups -OCH3 is 1. The van der Waals surface area contributed by atoms with Crippen molar-refractivity contribution in [3.05, 3.63) is 58.1 Å². The summed E-state index contributed by atoms with van der Waals surface area (Å²) in [6.07, 6.45) is 1.53. The minimum atomic E-state index is -0.502. The lowest BCUT2D eigenvalue weighted by Crippen LogP contribution is -2.14. The zero-order chi connectivity index (χ0) is 19.8. The Bertz CT molecular complexity index is 885. The van der Waals surface area contributed by atoms with Gasteiger partial charge < -0.3 is 14.8 Å². The molecule has 0 heterocycles. The Kier molecular flexibility index (Phi) is 7.44. The van der Waals surface area contributed by atoms with E-state index in [-0.39, 0.29) is 5.57 Å². The summed E-state index contributed by atoms with van der Waals surface area (Å²) < 4.78 is 11.7. The second-order valence-corrected chi connectivity index (χ2v) is 7.07. The minimum absolute atomic E-state index is 0.0105. The zero-order valence-electron chi connectivity index (χ0n) is 15.5. The van der Waals surface area contributed by atoms with Gasteiger partial charge in [-0.2, -0.15) is 5.26 Å². The number of rotatable bonds is 7. The molecule has 0 atom stereocenters. The highest BCUT2D eigenvalue weighted by molar-refractivity contribution is 9.10. The number of anilines is 1. The number of nitrogens with one attached hydrogen (secondary N) is 1. The van der Waals surface area contributed by atoms with Gasteiger partial charge in [-0.3, -0.25) is 4.79 Å². The molecule has 0 saturated heterocycles. The number of para-hydroxylation sites is 2. The molecule has 2 aromatic rings. The first-order valence-electron chi connectivity index (χ1n) is 8.43. The van der Waals surface area contributed by atoms with Crippen LogP contribution in [0.1, 0.15) is 19.4 Å². The van der Waals surface area contributed by atoms with Crippen LogP contribution >= 0.6 is 15.9 Å². The third-order valence-electron chi connectivity index (χ3n) is 3.56. The maximum absolute atomic E-state index is 12.5. The number of nitriles is 1. The first-order chi connectivity index (χ1) is 12.9. The first kappa shape index (κ1) is 20.5. The third kappa shape index (κ3) is 5.87. The van der Waals surface area contributed by atoms with Crippen molar-refractivity contribution in [2.45, 2.75) is 13.8 Å². The molecule has 140 valence electrons. The summed E-state index contributed by atoms with van der Waals surface area (Å²) in [5.74, 6) is 1.16. The number of nitrogens with zero attached hydrogens (tertiary/aromatic N) is 1. The van der Waals surface area contributed by atoms with Gasteiger partial charge in [-0.1, -0.05) is 32.0 Å². The van der Waals surface area contributed by atoms with Crippen molar-refractivity contribution in [3.8, 4) is 17.6 Å². The lowest BCUT2D eigenvalue weighted by Gasteiger charge is -2.11. The molecule has 0 aliphatic rings. The topological polar surface area (TPSA) is 71.3 Å². The predicted octanol–water partition coefficient (Wildman–Crippen LogP) is 5.04. The predicted molar refractivity (Wildman–Crippen MR) is 110 cm³/mol. The molecular formula is C21H21BrN2O3. The maximum atomic E-state index is 12.5. The Morgan fingerprint density at radius 2 is 2.00 bits per heavy atom. The summed E-state index contributed by atoms with van der Waals surface area (Å²) >= 11 is 3.46. The summed E-state index contributed by atoms with van der Waals surface area (Å²) in [5.41, 5.74) is 1.21. The Morgan fingerprint density at radius 3 is 2.63 bits per heavy atom. The summed E-state index contributed by atoms with van der Waals surface area (Å²) in [5, 5.41) is 12.1. The van der Waals surface area contributed by atoms with Gasteiger partial charge in [0, 0.05) is 0 Å². The van der Waals surface area contributed by atoms with Crippen LogP contribution in [0.2, 0.25) is 0 Å². The molecule has 1 amide bonds. The first-order valence-corrected chi connectivity index (χ1v) is 9.22. The van der Waals surface area contributed by atoms with Gasteiger partial charge in [0.1, 0.15) is 23.1 Å². The summed E-state index contributed by atoms with van der Waals surface area (Å²) in [6.45, 7) is 4.76. The van der Waals surface area contributed by atoms with Gasteiger partial charge in [-0.15, -0.1) is 0 Å². The van der Waals surface area contributed by atoms with E-state index in [1.165, 1.54) is 13.2 Å². The lowest BCUT2D eigenvalue weighted by molar-refractivity contribution is -0.112. The molecule has 0 radical (unpaired) electrons. The summed E-state index contributed by atoms with van der Waals surface area (Å²) in [6, 6.07) is 14.4. The molecule has 0 aliphatic heterocycles. The quantitative estimate of drug-likeness (QED) is 0.495. The van der Waals surface area contributed by atoms with Crippen LogP contribution in [-0.4, -0.2) is 19.6 Å². The van der Waals surface area contributed by atoms with E-state index in [9.17, 15) is 10.1 Å². The van der Waals surface area contributed by atoms with Crippen LogP contribution in [0.25, 0.3) is 6.08 Å². The van der Waals surface area contributed by atoms with Crippen molar-refractivity contribution < 1.29 is 14.3 Å².